The number of benzene rings is 2. The van der Waals surface area contributed by atoms with E-state index in [4.69, 9.17) is 32.7 Å². The van der Waals surface area contributed by atoms with Gasteiger partial charge in [0.15, 0.2) is 11.5 Å². The molecular formula is C24H28Cl2IN3O4. The Morgan fingerprint density at radius 3 is 2.47 bits per heavy atom. The molecular weight excluding hydrogens is 592 g/mol. The minimum absolute atomic E-state index is 0.178. The van der Waals surface area contributed by atoms with Gasteiger partial charge in [-0.2, -0.15) is 5.10 Å². The second kappa shape index (κ2) is 13.7. The van der Waals surface area contributed by atoms with Crippen molar-refractivity contribution >= 4 is 63.8 Å². The SMILES string of the molecule is CCCOc1c(I)cc(C=NNC(=O)C(NC(=O)c2ccc(Cl)c(Cl)c2)C(C)C)cc1OCC. The average molecular weight is 620 g/mol. The number of rotatable bonds is 11. The van der Waals surface area contributed by atoms with Gasteiger partial charge in [0, 0.05) is 5.56 Å². The van der Waals surface area contributed by atoms with Crippen LogP contribution in [0.1, 0.15) is 50.0 Å². The molecule has 2 aromatic rings. The lowest BCUT2D eigenvalue weighted by Gasteiger charge is -2.20. The smallest absolute Gasteiger partial charge is 0.262 e. The van der Waals surface area contributed by atoms with Crippen LogP contribution >= 0.6 is 45.8 Å². The van der Waals surface area contributed by atoms with Crippen LogP contribution in [0.4, 0.5) is 0 Å². The first-order valence-corrected chi connectivity index (χ1v) is 12.7. The first kappa shape index (κ1) is 28.2. The number of amides is 2. The van der Waals surface area contributed by atoms with Gasteiger partial charge in [-0.25, -0.2) is 5.43 Å². The molecule has 0 radical (unpaired) electrons. The van der Waals surface area contributed by atoms with Crippen LogP contribution in [-0.2, 0) is 4.79 Å². The predicted molar refractivity (Wildman–Crippen MR) is 144 cm³/mol. The van der Waals surface area contributed by atoms with E-state index in [1.807, 2.05) is 33.8 Å². The summed E-state index contributed by atoms with van der Waals surface area (Å²) in [6, 6.07) is 7.42. The number of hydrazone groups is 1. The van der Waals surface area contributed by atoms with Gasteiger partial charge in [0.1, 0.15) is 6.04 Å². The highest BCUT2D eigenvalue weighted by Crippen LogP contribution is 2.34. The van der Waals surface area contributed by atoms with Crippen molar-refractivity contribution in [3.05, 3.63) is 55.1 Å². The molecule has 0 aromatic heterocycles. The highest BCUT2D eigenvalue weighted by molar-refractivity contribution is 14.1. The van der Waals surface area contributed by atoms with Crippen molar-refractivity contribution in [3.8, 4) is 11.5 Å². The monoisotopic (exact) mass is 619 g/mol. The maximum atomic E-state index is 12.7. The third-order valence-corrected chi connectivity index (χ3v) is 6.13. The van der Waals surface area contributed by atoms with Crippen LogP contribution in [0.5, 0.6) is 11.5 Å². The number of hydrogen-bond donors (Lipinski definition) is 2. The molecule has 0 aliphatic heterocycles. The molecule has 0 aliphatic rings. The zero-order valence-corrected chi connectivity index (χ0v) is 23.1. The van der Waals surface area contributed by atoms with E-state index < -0.39 is 17.9 Å². The molecule has 0 bridgehead atoms. The molecule has 1 atom stereocenters. The van der Waals surface area contributed by atoms with Crippen LogP contribution < -0.4 is 20.2 Å². The summed E-state index contributed by atoms with van der Waals surface area (Å²) in [5.74, 6) is 0.250. The van der Waals surface area contributed by atoms with Gasteiger partial charge < -0.3 is 14.8 Å². The lowest BCUT2D eigenvalue weighted by atomic mass is 10.0. The quantitative estimate of drug-likeness (QED) is 0.192. The second-order valence-electron chi connectivity index (χ2n) is 7.67. The van der Waals surface area contributed by atoms with Gasteiger partial charge in [0.05, 0.1) is 33.0 Å². The standard InChI is InChI=1S/C24H28Cl2IN3O4/c1-5-9-34-22-19(27)10-15(11-20(22)33-6-2)13-28-30-24(32)21(14(3)4)29-23(31)16-7-8-17(25)18(26)12-16/h7-8,10-14,21H,5-6,9H2,1-4H3,(H,29,31)(H,30,32). The molecule has 0 aliphatic carbocycles. The van der Waals surface area contributed by atoms with Crippen molar-refractivity contribution < 1.29 is 19.1 Å². The van der Waals surface area contributed by atoms with E-state index in [1.54, 1.807) is 12.1 Å². The van der Waals surface area contributed by atoms with Crippen LogP contribution in [0.25, 0.3) is 0 Å². The van der Waals surface area contributed by atoms with Gasteiger partial charge in [-0.1, -0.05) is 44.0 Å². The fourth-order valence-corrected chi connectivity index (χ4v) is 3.99. The van der Waals surface area contributed by atoms with E-state index in [9.17, 15) is 9.59 Å². The van der Waals surface area contributed by atoms with E-state index in [0.29, 0.717) is 35.3 Å². The Balaban J connectivity index is 2.11. The molecule has 34 heavy (non-hydrogen) atoms. The molecule has 0 heterocycles. The maximum absolute atomic E-state index is 12.7. The number of carbonyl (C=O) groups excluding carboxylic acids is 2. The largest absolute Gasteiger partial charge is 0.490 e. The lowest BCUT2D eigenvalue weighted by molar-refractivity contribution is -0.123. The fraction of sp³-hybridized carbons (Fsp3) is 0.375. The van der Waals surface area contributed by atoms with Gasteiger partial charge >= 0.3 is 0 Å². The van der Waals surface area contributed by atoms with Gasteiger partial charge in [-0.05, 0) is 77.7 Å². The average Bonchev–Trinajstić information content (AvgIpc) is 2.78. The van der Waals surface area contributed by atoms with Crippen LogP contribution in [-0.4, -0.2) is 37.3 Å². The fourth-order valence-electron chi connectivity index (χ4n) is 2.91. The Morgan fingerprint density at radius 2 is 1.85 bits per heavy atom. The second-order valence-corrected chi connectivity index (χ2v) is 9.65. The summed E-state index contributed by atoms with van der Waals surface area (Å²) in [6.07, 6.45) is 2.40. The molecule has 2 rings (SSSR count). The summed E-state index contributed by atoms with van der Waals surface area (Å²) in [7, 11) is 0. The molecule has 0 fully saturated rings. The summed E-state index contributed by atoms with van der Waals surface area (Å²) in [6.45, 7) is 8.67. The summed E-state index contributed by atoms with van der Waals surface area (Å²) < 4.78 is 12.4. The molecule has 1 unspecified atom stereocenters. The molecule has 0 saturated carbocycles. The van der Waals surface area contributed by atoms with Gasteiger partial charge in [-0.15, -0.1) is 0 Å². The predicted octanol–water partition coefficient (Wildman–Crippen LogP) is 5.69. The molecule has 2 aromatic carbocycles. The molecule has 10 heteroatoms. The molecule has 2 N–H and O–H groups in total. The summed E-state index contributed by atoms with van der Waals surface area (Å²) in [4.78, 5) is 25.3. The zero-order chi connectivity index (χ0) is 25.3. The lowest BCUT2D eigenvalue weighted by Crippen LogP contribution is -2.48. The minimum Gasteiger partial charge on any atom is -0.490 e. The third kappa shape index (κ3) is 8.02. The van der Waals surface area contributed by atoms with Crippen molar-refractivity contribution in [2.45, 2.75) is 40.2 Å². The van der Waals surface area contributed by atoms with Crippen LogP contribution in [0, 0.1) is 9.49 Å². The van der Waals surface area contributed by atoms with Gasteiger partial charge in [0.2, 0.25) is 0 Å². The summed E-state index contributed by atoms with van der Waals surface area (Å²) in [5.41, 5.74) is 3.54. The van der Waals surface area contributed by atoms with Crippen molar-refractivity contribution in [2.75, 3.05) is 13.2 Å². The van der Waals surface area contributed by atoms with Crippen molar-refractivity contribution in [1.29, 1.82) is 0 Å². The molecule has 7 nitrogen and oxygen atoms in total. The van der Waals surface area contributed by atoms with E-state index in [1.165, 1.54) is 18.3 Å². The van der Waals surface area contributed by atoms with Crippen molar-refractivity contribution in [2.24, 2.45) is 11.0 Å². The highest BCUT2D eigenvalue weighted by atomic mass is 127. The van der Waals surface area contributed by atoms with E-state index >= 15 is 0 Å². The normalized spacial score (nSPS) is 12.0. The Labute approximate surface area is 223 Å². The summed E-state index contributed by atoms with van der Waals surface area (Å²) >= 11 is 14.1. The summed E-state index contributed by atoms with van der Waals surface area (Å²) in [5, 5.41) is 7.40. The van der Waals surface area contributed by atoms with Gasteiger partial charge in [-0.3, -0.25) is 9.59 Å². The number of ether oxygens (including phenoxy) is 2. The third-order valence-electron chi connectivity index (χ3n) is 4.59. The van der Waals surface area contributed by atoms with E-state index in [2.05, 4.69) is 38.4 Å². The van der Waals surface area contributed by atoms with E-state index in [-0.39, 0.29) is 10.9 Å². The van der Waals surface area contributed by atoms with Crippen molar-refractivity contribution in [1.82, 2.24) is 10.7 Å². The Kier molecular flexibility index (Phi) is 11.4. The number of carbonyl (C=O) groups is 2. The van der Waals surface area contributed by atoms with Crippen LogP contribution in [0.15, 0.2) is 35.4 Å². The number of hydrogen-bond acceptors (Lipinski definition) is 5. The topological polar surface area (TPSA) is 89.0 Å². The number of halogens is 3. The van der Waals surface area contributed by atoms with Gasteiger partial charge in [0.25, 0.3) is 11.8 Å². The Morgan fingerprint density at radius 1 is 1.12 bits per heavy atom. The van der Waals surface area contributed by atoms with Crippen LogP contribution in [0.2, 0.25) is 10.0 Å². The minimum atomic E-state index is -0.803. The zero-order valence-electron chi connectivity index (χ0n) is 19.5. The molecule has 2 amide bonds. The highest BCUT2D eigenvalue weighted by Gasteiger charge is 2.25. The Bertz CT molecular complexity index is 1050. The molecule has 0 spiro atoms. The Hall–Kier alpha value is -2.04. The maximum Gasteiger partial charge on any atom is 0.262 e. The first-order chi connectivity index (χ1) is 16.2. The molecule has 184 valence electrons. The molecule has 0 saturated heterocycles. The number of nitrogens with one attached hydrogen (secondary N) is 2. The van der Waals surface area contributed by atoms with E-state index in [0.717, 1.165) is 15.6 Å². The van der Waals surface area contributed by atoms with Crippen molar-refractivity contribution in [3.63, 3.8) is 0 Å². The van der Waals surface area contributed by atoms with Crippen LogP contribution in [0.3, 0.4) is 0 Å². The first-order valence-electron chi connectivity index (χ1n) is 10.9. The number of nitrogens with zero attached hydrogens (tertiary/aromatic N) is 1.